The third kappa shape index (κ3) is 6.01. The highest BCUT2D eigenvalue weighted by atomic mass is 32.2. The minimum atomic E-state index is -0.364. The number of esters is 1. The van der Waals surface area contributed by atoms with Gasteiger partial charge in [0, 0.05) is 25.2 Å². The van der Waals surface area contributed by atoms with E-state index in [-0.39, 0.29) is 23.2 Å². The Balaban J connectivity index is 2.00. The minimum absolute atomic E-state index is 0.0508. The molecule has 0 atom stereocenters. The van der Waals surface area contributed by atoms with Crippen LogP contribution in [0.1, 0.15) is 36.7 Å². The fourth-order valence-electron chi connectivity index (χ4n) is 3.55. The van der Waals surface area contributed by atoms with Gasteiger partial charge in [0.1, 0.15) is 0 Å². The average Bonchev–Trinajstić information content (AvgIpc) is 2.83. The Labute approximate surface area is 197 Å². The van der Waals surface area contributed by atoms with Gasteiger partial charge in [-0.15, -0.1) is 0 Å². The first-order valence-electron chi connectivity index (χ1n) is 11.1. The zero-order valence-corrected chi connectivity index (χ0v) is 20.1. The van der Waals surface area contributed by atoms with Crippen molar-refractivity contribution in [3.05, 3.63) is 70.0 Å². The molecule has 0 bridgehead atoms. The molecule has 0 spiro atoms. The predicted molar refractivity (Wildman–Crippen MR) is 131 cm³/mol. The van der Waals surface area contributed by atoms with Gasteiger partial charge in [-0.2, -0.15) is 0 Å². The third-order valence-electron chi connectivity index (χ3n) is 5.31. The van der Waals surface area contributed by atoms with E-state index in [0.29, 0.717) is 54.3 Å². The Kier molecular flexibility index (Phi) is 8.65. The van der Waals surface area contributed by atoms with Crippen LogP contribution in [0.2, 0.25) is 0 Å². The molecular formula is C25H29N3O4S. The summed E-state index contributed by atoms with van der Waals surface area (Å²) in [6.07, 6.45) is 0.652. The first-order chi connectivity index (χ1) is 16.0. The zero-order chi connectivity index (χ0) is 23.8. The van der Waals surface area contributed by atoms with E-state index in [1.807, 2.05) is 44.2 Å². The molecular weight excluding hydrogens is 438 g/mol. The van der Waals surface area contributed by atoms with E-state index in [1.165, 1.54) is 11.8 Å². The molecule has 0 fully saturated rings. The van der Waals surface area contributed by atoms with Crippen LogP contribution in [0.4, 0.5) is 0 Å². The monoisotopic (exact) mass is 467 g/mol. The van der Waals surface area contributed by atoms with Crippen molar-refractivity contribution in [3.8, 4) is 0 Å². The normalized spacial score (nSPS) is 10.9. The van der Waals surface area contributed by atoms with Gasteiger partial charge in [0.25, 0.3) is 11.5 Å². The molecule has 0 unspecified atom stereocenters. The molecule has 3 aromatic rings. The van der Waals surface area contributed by atoms with E-state index in [0.717, 1.165) is 5.56 Å². The van der Waals surface area contributed by atoms with Crippen LogP contribution in [0.3, 0.4) is 0 Å². The molecule has 0 saturated carbocycles. The van der Waals surface area contributed by atoms with Crippen LogP contribution in [0.5, 0.6) is 0 Å². The Morgan fingerprint density at radius 1 is 1.06 bits per heavy atom. The van der Waals surface area contributed by atoms with Crippen molar-refractivity contribution in [2.24, 2.45) is 0 Å². The van der Waals surface area contributed by atoms with Crippen LogP contribution in [0, 0.1) is 0 Å². The molecule has 3 rings (SSSR count). The maximum absolute atomic E-state index is 13.4. The number of rotatable bonds is 10. The summed E-state index contributed by atoms with van der Waals surface area (Å²) in [5, 5.41) is 0.878. The van der Waals surface area contributed by atoms with Crippen molar-refractivity contribution in [1.29, 1.82) is 0 Å². The van der Waals surface area contributed by atoms with Crippen molar-refractivity contribution in [1.82, 2.24) is 14.5 Å². The maximum Gasteiger partial charge on any atom is 0.316 e. The van der Waals surface area contributed by atoms with Gasteiger partial charge in [0.15, 0.2) is 5.16 Å². The van der Waals surface area contributed by atoms with E-state index in [2.05, 4.69) is 4.98 Å². The average molecular weight is 468 g/mol. The number of thioether (sulfide) groups is 1. The first kappa shape index (κ1) is 24.5. The number of ether oxygens (including phenoxy) is 1. The quantitative estimate of drug-likeness (QED) is 0.256. The van der Waals surface area contributed by atoms with E-state index >= 15 is 0 Å². The molecule has 1 heterocycles. The summed E-state index contributed by atoms with van der Waals surface area (Å²) in [6, 6.07) is 14.9. The smallest absolute Gasteiger partial charge is 0.316 e. The number of fused-ring (bicyclic) bond motifs is 1. The highest BCUT2D eigenvalue weighted by molar-refractivity contribution is 7.99. The third-order valence-corrected chi connectivity index (χ3v) is 6.26. The minimum Gasteiger partial charge on any atom is -0.465 e. The molecule has 1 amide bonds. The number of benzene rings is 2. The molecule has 0 aliphatic heterocycles. The second-order valence-electron chi connectivity index (χ2n) is 7.39. The number of hydrogen-bond donors (Lipinski definition) is 0. The van der Waals surface area contributed by atoms with E-state index in [1.54, 1.807) is 34.6 Å². The van der Waals surface area contributed by atoms with Crippen molar-refractivity contribution in [3.63, 3.8) is 0 Å². The largest absolute Gasteiger partial charge is 0.465 e. The van der Waals surface area contributed by atoms with Crippen molar-refractivity contribution in [2.75, 3.05) is 25.4 Å². The SMILES string of the molecule is CCOC(=O)CSc1nc2cc(C(=O)N(CC)CC)ccc2c(=O)n1CCc1ccccc1. The summed E-state index contributed by atoms with van der Waals surface area (Å²) in [5.41, 5.74) is 1.84. The fraction of sp³-hybridized carbons (Fsp3) is 0.360. The molecule has 0 radical (unpaired) electrons. The van der Waals surface area contributed by atoms with Gasteiger partial charge in [-0.25, -0.2) is 4.98 Å². The number of nitrogens with zero attached hydrogens (tertiary/aromatic N) is 3. The van der Waals surface area contributed by atoms with Crippen LogP contribution in [-0.2, 0) is 22.5 Å². The van der Waals surface area contributed by atoms with Crippen LogP contribution in [0.25, 0.3) is 10.9 Å². The van der Waals surface area contributed by atoms with Gasteiger partial charge in [0.05, 0.1) is 23.3 Å². The Morgan fingerprint density at radius 3 is 2.45 bits per heavy atom. The second kappa shape index (κ2) is 11.7. The zero-order valence-electron chi connectivity index (χ0n) is 19.2. The Morgan fingerprint density at radius 2 is 1.79 bits per heavy atom. The van der Waals surface area contributed by atoms with E-state index < -0.39 is 0 Å². The number of amides is 1. The molecule has 0 aliphatic rings. The molecule has 0 saturated heterocycles. The summed E-state index contributed by atoms with van der Waals surface area (Å²) in [4.78, 5) is 44.5. The molecule has 0 aliphatic carbocycles. The highest BCUT2D eigenvalue weighted by Gasteiger charge is 2.17. The number of carbonyl (C=O) groups is 2. The van der Waals surface area contributed by atoms with Gasteiger partial charge in [-0.3, -0.25) is 19.0 Å². The molecule has 0 N–H and O–H groups in total. The Bertz CT molecular complexity index is 1170. The lowest BCUT2D eigenvalue weighted by atomic mass is 10.1. The lowest BCUT2D eigenvalue weighted by Crippen LogP contribution is -2.30. The van der Waals surface area contributed by atoms with Gasteiger partial charge in [-0.05, 0) is 51.0 Å². The van der Waals surface area contributed by atoms with Gasteiger partial charge in [0.2, 0.25) is 0 Å². The maximum atomic E-state index is 13.4. The number of hydrogen-bond acceptors (Lipinski definition) is 6. The Hall–Kier alpha value is -3.13. The fourth-order valence-corrected chi connectivity index (χ4v) is 4.37. The van der Waals surface area contributed by atoms with Crippen LogP contribution >= 0.6 is 11.8 Å². The first-order valence-corrected chi connectivity index (χ1v) is 12.1. The van der Waals surface area contributed by atoms with Crippen LogP contribution in [-0.4, -0.2) is 51.8 Å². The predicted octanol–water partition coefficient (Wildman–Crippen LogP) is 3.78. The van der Waals surface area contributed by atoms with Gasteiger partial charge in [-0.1, -0.05) is 42.1 Å². The molecule has 2 aromatic carbocycles. The lowest BCUT2D eigenvalue weighted by Gasteiger charge is -2.19. The summed E-state index contributed by atoms with van der Waals surface area (Å²) < 4.78 is 6.63. The van der Waals surface area contributed by atoms with Crippen molar-refractivity contribution in [2.45, 2.75) is 38.9 Å². The number of aromatic nitrogens is 2. The number of aryl methyl sites for hydroxylation is 1. The van der Waals surface area contributed by atoms with Crippen LogP contribution < -0.4 is 5.56 Å². The molecule has 33 heavy (non-hydrogen) atoms. The molecule has 174 valence electrons. The molecule has 8 heteroatoms. The summed E-state index contributed by atoms with van der Waals surface area (Å²) in [6.45, 7) is 7.53. The van der Waals surface area contributed by atoms with Crippen molar-refractivity contribution < 1.29 is 14.3 Å². The summed E-state index contributed by atoms with van der Waals surface area (Å²) in [7, 11) is 0. The van der Waals surface area contributed by atoms with E-state index in [4.69, 9.17) is 4.74 Å². The highest BCUT2D eigenvalue weighted by Crippen LogP contribution is 2.20. The van der Waals surface area contributed by atoms with Crippen molar-refractivity contribution >= 4 is 34.5 Å². The summed E-state index contributed by atoms with van der Waals surface area (Å²) >= 11 is 1.17. The molecule has 1 aromatic heterocycles. The second-order valence-corrected chi connectivity index (χ2v) is 8.33. The molecule has 7 nitrogen and oxygen atoms in total. The summed E-state index contributed by atoms with van der Waals surface area (Å²) in [5.74, 6) is -0.413. The topological polar surface area (TPSA) is 81.5 Å². The standard InChI is InChI=1S/C25H29N3O4S/c1-4-27(5-2)23(30)19-12-13-20-21(16-19)26-25(33-17-22(29)32-6-3)28(24(20)31)15-14-18-10-8-7-9-11-18/h7-13,16H,4-6,14-15,17H2,1-3H3. The number of carbonyl (C=O) groups excluding carboxylic acids is 2. The van der Waals surface area contributed by atoms with Gasteiger partial charge < -0.3 is 9.64 Å². The van der Waals surface area contributed by atoms with Crippen LogP contribution in [0.15, 0.2) is 58.5 Å². The lowest BCUT2D eigenvalue weighted by molar-refractivity contribution is -0.139. The van der Waals surface area contributed by atoms with Gasteiger partial charge >= 0.3 is 5.97 Å². The van der Waals surface area contributed by atoms with E-state index in [9.17, 15) is 14.4 Å².